The summed E-state index contributed by atoms with van der Waals surface area (Å²) in [4.78, 5) is 13.6. The molecule has 1 aliphatic rings. The summed E-state index contributed by atoms with van der Waals surface area (Å²) in [5.74, 6) is 0. The van der Waals surface area contributed by atoms with Gasteiger partial charge in [-0.25, -0.2) is 0 Å². The maximum Gasteiger partial charge on any atom is 0.112 e. The van der Waals surface area contributed by atoms with Crippen LogP contribution in [0.4, 0.5) is 5.69 Å². The van der Waals surface area contributed by atoms with E-state index in [0.717, 1.165) is 49.0 Å². The maximum absolute atomic E-state index is 5.98. The second-order valence-electron chi connectivity index (χ2n) is 6.20. The van der Waals surface area contributed by atoms with E-state index in [1.807, 2.05) is 39.3 Å². The Kier molecular flexibility index (Phi) is 4.88. The molecule has 1 atom stereocenters. The van der Waals surface area contributed by atoms with Crippen LogP contribution in [0.3, 0.4) is 0 Å². The number of ether oxygens (including phenoxy) is 1. The third-order valence-corrected chi connectivity index (χ3v) is 4.07. The first kappa shape index (κ1) is 15.9. The van der Waals surface area contributed by atoms with Gasteiger partial charge in [-0.3, -0.25) is 14.9 Å². The van der Waals surface area contributed by atoms with Crippen molar-refractivity contribution in [3.63, 3.8) is 0 Å². The van der Waals surface area contributed by atoms with Gasteiger partial charge < -0.3 is 9.64 Å². The Morgan fingerprint density at radius 2 is 2.17 bits per heavy atom. The summed E-state index contributed by atoms with van der Waals surface area (Å²) >= 11 is 0. The molecule has 0 bridgehead atoms. The van der Waals surface area contributed by atoms with Crippen LogP contribution in [0.2, 0.25) is 0 Å². The zero-order valence-electron chi connectivity index (χ0n) is 14.1. The number of aryl methyl sites for hydroxylation is 1. The molecule has 1 saturated heterocycles. The van der Waals surface area contributed by atoms with Gasteiger partial charge in [0.25, 0.3) is 0 Å². The highest BCUT2D eigenvalue weighted by atomic mass is 16.5. The molecule has 0 spiro atoms. The molecule has 2 aromatic rings. The molecule has 2 aromatic heterocycles. The molecule has 0 N–H and O–H groups in total. The summed E-state index contributed by atoms with van der Waals surface area (Å²) in [6.45, 7) is 5.39. The van der Waals surface area contributed by atoms with E-state index in [0.29, 0.717) is 0 Å². The van der Waals surface area contributed by atoms with E-state index in [9.17, 15) is 0 Å². The number of hydrogen-bond acceptors (Lipinski definition) is 5. The summed E-state index contributed by atoms with van der Waals surface area (Å²) < 4.78 is 5.98. The fourth-order valence-electron chi connectivity index (χ4n) is 2.84. The Balaban J connectivity index is 1.73. The lowest BCUT2D eigenvalue weighted by Gasteiger charge is -2.32. The minimum Gasteiger partial charge on any atom is -0.378 e. The zero-order valence-corrected chi connectivity index (χ0v) is 14.1. The maximum atomic E-state index is 5.98. The Labute approximate surface area is 137 Å². The number of hydrogen-bond donors (Lipinski definition) is 0. The highest BCUT2D eigenvalue weighted by Crippen LogP contribution is 2.25. The molecule has 0 saturated carbocycles. The van der Waals surface area contributed by atoms with Crippen LogP contribution in [0, 0.1) is 6.92 Å². The van der Waals surface area contributed by atoms with Crippen LogP contribution in [0.1, 0.15) is 23.2 Å². The predicted molar refractivity (Wildman–Crippen MR) is 91.5 cm³/mol. The van der Waals surface area contributed by atoms with Gasteiger partial charge in [0.2, 0.25) is 0 Å². The van der Waals surface area contributed by atoms with Crippen LogP contribution in [0.5, 0.6) is 0 Å². The minimum atomic E-state index is 0.0195. The van der Waals surface area contributed by atoms with Gasteiger partial charge in [-0.2, -0.15) is 0 Å². The van der Waals surface area contributed by atoms with Crippen LogP contribution in [-0.2, 0) is 11.3 Å². The van der Waals surface area contributed by atoms with Gasteiger partial charge in [0.15, 0.2) is 0 Å². The third-order valence-electron chi connectivity index (χ3n) is 4.07. The normalized spacial score (nSPS) is 18.8. The van der Waals surface area contributed by atoms with Gasteiger partial charge in [-0.1, -0.05) is 6.07 Å². The Morgan fingerprint density at radius 1 is 1.30 bits per heavy atom. The van der Waals surface area contributed by atoms with E-state index in [1.165, 1.54) is 0 Å². The number of morpholine rings is 1. The van der Waals surface area contributed by atoms with Crippen LogP contribution in [-0.4, -0.2) is 48.7 Å². The molecular weight excluding hydrogens is 288 g/mol. The molecule has 0 aliphatic carbocycles. The van der Waals surface area contributed by atoms with Crippen molar-refractivity contribution < 1.29 is 4.74 Å². The molecule has 3 heterocycles. The quantitative estimate of drug-likeness (QED) is 0.867. The largest absolute Gasteiger partial charge is 0.378 e. The van der Waals surface area contributed by atoms with Crippen molar-refractivity contribution in [2.45, 2.75) is 19.6 Å². The third kappa shape index (κ3) is 4.06. The molecular formula is C18H24N4O. The summed E-state index contributed by atoms with van der Waals surface area (Å²) in [5.41, 5.74) is 4.30. The number of aromatic nitrogens is 2. The van der Waals surface area contributed by atoms with Gasteiger partial charge in [0.05, 0.1) is 18.0 Å². The first-order valence-corrected chi connectivity index (χ1v) is 8.01. The Morgan fingerprint density at radius 3 is 2.91 bits per heavy atom. The number of rotatable bonds is 4. The molecule has 5 nitrogen and oxygen atoms in total. The molecule has 3 rings (SSSR count). The molecule has 0 radical (unpaired) electrons. The van der Waals surface area contributed by atoms with Gasteiger partial charge in [0.1, 0.15) is 6.10 Å². The second kappa shape index (κ2) is 7.06. The van der Waals surface area contributed by atoms with E-state index in [-0.39, 0.29) is 6.10 Å². The van der Waals surface area contributed by atoms with Crippen molar-refractivity contribution in [3.05, 3.63) is 53.6 Å². The molecule has 1 aliphatic heterocycles. The van der Waals surface area contributed by atoms with E-state index in [2.05, 4.69) is 38.0 Å². The van der Waals surface area contributed by atoms with Crippen LogP contribution in [0.15, 0.2) is 36.5 Å². The summed E-state index contributed by atoms with van der Waals surface area (Å²) in [5, 5.41) is 0. The van der Waals surface area contributed by atoms with E-state index >= 15 is 0 Å². The first-order valence-electron chi connectivity index (χ1n) is 8.01. The van der Waals surface area contributed by atoms with Crippen molar-refractivity contribution in [2.24, 2.45) is 0 Å². The first-order chi connectivity index (χ1) is 11.1. The fourth-order valence-corrected chi connectivity index (χ4v) is 2.84. The van der Waals surface area contributed by atoms with Crippen LogP contribution < -0.4 is 4.90 Å². The van der Waals surface area contributed by atoms with E-state index < -0.39 is 0 Å². The molecule has 5 heteroatoms. The number of pyridine rings is 2. The van der Waals surface area contributed by atoms with Crippen molar-refractivity contribution in [2.75, 3.05) is 38.7 Å². The van der Waals surface area contributed by atoms with Crippen LogP contribution >= 0.6 is 0 Å². The minimum absolute atomic E-state index is 0.0195. The summed E-state index contributed by atoms with van der Waals surface area (Å²) in [7, 11) is 4.10. The monoisotopic (exact) mass is 312 g/mol. The lowest BCUT2D eigenvalue weighted by molar-refractivity contribution is -0.0353. The molecule has 0 unspecified atom stereocenters. The molecule has 23 heavy (non-hydrogen) atoms. The summed E-state index contributed by atoms with van der Waals surface area (Å²) in [6.07, 6.45) is 1.87. The van der Waals surface area contributed by atoms with Crippen molar-refractivity contribution in [1.29, 1.82) is 0 Å². The van der Waals surface area contributed by atoms with E-state index in [1.54, 1.807) is 0 Å². The lowest BCUT2D eigenvalue weighted by Crippen LogP contribution is -2.38. The van der Waals surface area contributed by atoms with Crippen molar-refractivity contribution in [1.82, 2.24) is 14.9 Å². The number of anilines is 1. The average Bonchev–Trinajstić information content (AvgIpc) is 2.55. The smallest absolute Gasteiger partial charge is 0.112 e. The molecule has 0 aromatic carbocycles. The zero-order chi connectivity index (χ0) is 16.2. The Bertz CT molecular complexity index is 645. The standard InChI is InChI=1S/C18H24N4O/c1-14-10-16(21(2)3)11-17(20-14)18-13-22(8-9-23-18)12-15-6-4-5-7-19-15/h4-7,10-11,18H,8-9,12-13H2,1-3H3/t18-/m0/s1. The topological polar surface area (TPSA) is 41.5 Å². The van der Waals surface area contributed by atoms with E-state index in [4.69, 9.17) is 4.74 Å². The molecule has 1 fully saturated rings. The summed E-state index contributed by atoms with van der Waals surface area (Å²) in [6, 6.07) is 10.3. The lowest BCUT2D eigenvalue weighted by atomic mass is 10.1. The van der Waals surface area contributed by atoms with Gasteiger partial charge in [0, 0.05) is 51.3 Å². The van der Waals surface area contributed by atoms with Crippen molar-refractivity contribution >= 4 is 5.69 Å². The molecule has 122 valence electrons. The highest BCUT2D eigenvalue weighted by molar-refractivity contribution is 5.47. The number of nitrogens with zero attached hydrogens (tertiary/aromatic N) is 4. The van der Waals surface area contributed by atoms with Gasteiger partial charge in [-0.15, -0.1) is 0 Å². The second-order valence-corrected chi connectivity index (χ2v) is 6.20. The van der Waals surface area contributed by atoms with Gasteiger partial charge >= 0.3 is 0 Å². The highest BCUT2D eigenvalue weighted by Gasteiger charge is 2.24. The molecule has 0 amide bonds. The SMILES string of the molecule is Cc1cc(N(C)C)cc([C@@H]2CN(Cc3ccccn3)CCO2)n1. The predicted octanol–water partition coefficient (Wildman–Crippen LogP) is 2.42. The van der Waals surface area contributed by atoms with Gasteiger partial charge in [-0.05, 0) is 31.2 Å². The van der Waals surface area contributed by atoms with Crippen LogP contribution in [0.25, 0.3) is 0 Å². The van der Waals surface area contributed by atoms with Crippen molar-refractivity contribution in [3.8, 4) is 0 Å². The Hall–Kier alpha value is -1.98. The fraction of sp³-hybridized carbons (Fsp3) is 0.444. The average molecular weight is 312 g/mol.